The van der Waals surface area contributed by atoms with E-state index in [4.69, 9.17) is 4.74 Å². The normalized spacial score (nSPS) is 12.7. The van der Waals surface area contributed by atoms with Gasteiger partial charge >= 0.3 is 6.03 Å². The molecule has 1 aromatic rings. The molecule has 1 aliphatic rings. The molecule has 4 nitrogen and oxygen atoms in total. The molecular weight excluding hydrogens is 240 g/mol. The molecule has 0 saturated carbocycles. The Morgan fingerprint density at radius 3 is 3.05 bits per heavy atom. The number of carbonyl (C=O) groups is 1. The maximum atomic E-state index is 11.7. The molecule has 104 valence electrons. The molecule has 0 atom stereocenters. The van der Waals surface area contributed by atoms with Crippen LogP contribution in [0.15, 0.2) is 18.2 Å². The van der Waals surface area contributed by atoms with Crippen molar-refractivity contribution in [2.45, 2.75) is 39.0 Å². The Balaban J connectivity index is 1.73. The minimum Gasteiger partial charge on any atom is -0.493 e. The molecule has 0 radical (unpaired) electrons. The van der Waals surface area contributed by atoms with E-state index in [1.165, 1.54) is 24.8 Å². The topological polar surface area (TPSA) is 50.4 Å². The number of benzene rings is 1. The smallest absolute Gasteiger partial charge is 0.319 e. The molecule has 19 heavy (non-hydrogen) atoms. The van der Waals surface area contributed by atoms with E-state index in [1.54, 1.807) is 0 Å². The molecule has 0 aromatic heterocycles. The van der Waals surface area contributed by atoms with Gasteiger partial charge in [0.1, 0.15) is 5.75 Å². The Kier molecular flexibility index (Phi) is 5.07. The molecule has 0 saturated heterocycles. The van der Waals surface area contributed by atoms with Crippen LogP contribution in [0.1, 0.15) is 38.2 Å². The van der Waals surface area contributed by atoms with E-state index in [0.717, 1.165) is 37.4 Å². The third-order valence-electron chi connectivity index (χ3n) is 3.26. The number of amides is 2. The van der Waals surface area contributed by atoms with Gasteiger partial charge in [0.05, 0.1) is 6.61 Å². The highest BCUT2D eigenvalue weighted by Crippen LogP contribution is 2.27. The Bertz CT molecular complexity index is 432. The van der Waals surface area contributed by atoms with Gasteiger partial charge in [-0.2, -0.15) is 0 Å². The first-order chi connectivity index (χ1) is 9.29. The van der Waals surface area contributed by atoms with E-state index < -0.39 is 0 Å². The van der Waals surface area contributed by atoms with Crippen LogP contribution >= 0.6 is 0 Å². The SMILES string of the molecule is CCCCCCNC(=O)Nc1ccc2c(c1)CCO2. The first kappa shape index (κ1) is 13.7. The van der Waals surface area contributed by atoms with Crippen LogP contribution in [0.3, 0.4) is 0 Å². The summed E-state index contributed by atoms with van der Waals surface area (Å²) in [4.78, 5) is 11.7. The number of unbranched alkanes of at least 4 members (excludes halogenated alkanes) is 3. The average molecular weight is 262 g/mol. The van der Waals surface area contributed by atoms with E-state index in [-0.39, 0.29) is 6.03 Å². The second kappa shape index (κ2) is 7.02. The summed E-state index contributed by atoms with van der Waals surface area (Å²) in [7, 11) is 0. The van der Waals surface area contributed by atoms with Crippen LogP contribution in [0.4, 0.5) is 10.5 Å². The van der Waals surface area contributed by atoms with Crippen molar-refractivity contribution in [2.24, 2.45) is 0 Å². The van der Waals surface area contributed by atoms with Gasteiger partial charge in [0.25, 0.3) is 0 Å². The Morgan fingerprint density at radius 2 is 2.21 bits per heavy atom. The molecule has 1 heterocycles. The van der Waals surface area contributed by atoms with Crippen LogP contribution in [0.25, 0.3) is 0 Å². The maximum Gasteiger partial charge on any atom is 0.319 e. The third kappa shape index (κ3) is 4.16. The number of hydrogen-bond acceptors (Lipinski definition) is 2. The molecule has 2 rings (SSSR count). The second-order valence-corrected chi connectivity index (χ2v) is 4.86. The lowest BCUT2D eigenvalue weighted by molar-refractivity contribution is 0.252. The molecule has 0 spiro atoms. The molecule has 4 heteroatoms. The summed E-state index contributed by atoms with van der Waals surface area (Å²) >= 11 is 0. The summed E-state index contributed by atoms with van der Waals surface area (Å²) in [5.74, 6) is 0.936. The number of ether oxygens (including phenoxy) is 1. The van der Waals surface area contributed by atoms with Crippen molar-refractivity contribution in [3.63, 3.8) is 0 Å². The van der Waals surface area contributed by atoms with Crippen molar-refractivity contribution in [3.05, 3.63) is 23.8 Å². The molecule has 0 unspecified atom stereocenters. The fourth-order valence-electron chi connectivity index (χ4n) is 2.19. The van der Waals surface area contributed by atoms with Crippen molar-refractivity contribution in [2.75, 3.05) is 18.5 Å². The summed E-state index contributed by atoms with van der Waals surface area (Å²) in [6.45, 7) is 3.65. The number of hydrogen-bond donors (Lipinski definition) is 2. The molecule has 0 aliphatic carbocycles. The van der Waals surface area contributed by atoms with E-state index in [2.05, 4.69) is 17.6 Å². The van der Waals surface area contributed by atoms with Crippen LogP contribution in [-0.4, -0.2) is 19.2 Å². The predicted octanol–water partition coefficient (Wildman–Crippen LogP) is 3.32. The lowest BCUT2D eigenvalue weighted by Gasteiger charge is -2.08. The monoisotopic (exact) mass is 262 g/mol. The number of carbonyl (C=O) groups excluding carboxylic acids is 1. The van der Waals surface area contributed by atoms with Gasteiger partial charge in [0.15, 0.2) is 0 Å². The zero-order valence-corrected chi connectivity index (χ0v) is 11.5. The van der Waals surface area contributed by atoms with Gasteiger partial charge in [-0.25, -0.2) is 4.79 Å². The quantitative estimate of drug-likeness (QED) is 0.773. The summed E-state index contributed by atoms with van der Waals surface area (Å²) < 4.78 is 5.43. The van der Waals surface area contributed by atoms with Gasteiger partial charge in [0.2, 0.25) is 0 Å². The van der Waals surface area contributed by atoms with Gasteiger partial charge in [-0.3, -0.25) is 0 Å². The van der Waals surface area contributed by atoms with Crippen molar-refractivity contribution in [1.29, 1.82) is 0 Å². The van der Waals surface area contributed by atoms with Crippen molar-refractivity contribution >= 4 is 11.7 Å². The summed E-state index contributed by atoms with van der Waals surface area (Å²) in [5, 5.41) is 5.73. The largest absolute Gasteiger partial charge is 0.493 e. The first-order valence-corrected chi connectivity index (χ1v) is 7.10. The van der Waals surface area contributed by atoms with E-state index in [9.17, 15) is 4.79 Å². The van der Waals surface area contributed by atoms with Crippen LogP contribution in [0, 0.1) is 0 Å². The number of fused-ring (bicyclic) bond motifs is 1. The number of nitrogens with one attached hydrogen (secondary N) is 2. The number of rotatable bonds is 6. The summed E-state index contributed by atoms with van der Waals surface area (Å²) in [6, 6.07) is 5.65. The van der Waals surface area contributed by atoms with Crippen LogP contribution in [0.2, 0.25) is 0 Å². The Hall–Kier alpha value is -1.71. The van der Waals surface area contributed by atoms with Crippen molar-refractivity contribution in [1.82, 2.24) is 5.32 Å². The van der Waals surface area contributed by atoms with Gasteiger partial charge in [-0.05, 0) is 30.2 Å². The minimum atomic E-state index is -0.129. The lowest BCUT2D eigenvalue weighted by atomic mass is 10.1. The van der Waals surface area contributed by atoms with Crippen LogP contribution in [0.5, 0.6) is 5.75 Å². The summed E-state index contributed by atoms with van der Waals surface area (Å²) in [5.41, 5.74) is 2.00. The number of urea groups is 1. The molecule has 0 bridgehead atoms. The van der Waals surface area contributed by atoms with E-state index in [0.29, 0.717) is 0 Å². The Labute approximate surface area is 114 Å². The fraction of sp³-hybridized carbons (Fsp3) is 0.533. The third-order valence-corrected chi connectivity index (χ3v) is 3.26. The molecule has 0 fully saturated rings. The van der Waals surface area contributed by atoms with E-state index >= 15 is 0 Å². The van der Waals surface area contributed by atoms with Gasteiger partial charge in [-0.15, -0.1) is 0 Å². The fourth-order valence-corrected chi connectivity index (χ4v) is 2.19. The van der Waals surface area contributed by atoms with Gasteiger partial charge in [0, 0.05) is 18.7 Å². The average Bonchev–Trinajstić information content (AvgIpc) is 2.86. The standard InChI is InChI=1S/C15H22N2O2/c1-2-3-4-5-9-16-15(18)17-13-6-7-14-12(11-13)8-10-19-14/h6-7,11H,2-5,8-10H2,1H3,(H2,16,17,18). The summed E-state index contributed by atoms with van der Waals surface area (Å²) in [6.07, 6.45) is 5.58. The molecule has 2 amide bonds. The lowest BCUT2D eigenvalue weighted by Crippen LogP contribution is -2.29. The zero-order valence-electron chi connectivity index (χ0n) is 11.5. The predicted molar refractivity (Wildman–Crippen MR) is 76.8 cm³/mol. The van der Waals surface area contributed by atoms with Crippen molar-refractivity contribution in [3.8, 4) is 5.75 Å². The van der Waals surface area contributed by atoms with Gasteiger partial charge < -0.3 is 15.4 Å². The molecular formula is C15H22N2O2. The van der Waals surface area contributed by atoms with Crippen LogP contribution < -0.4 is 15.4 Å². The highest BCUT2D eigenvalue weighted by atomic mass is 16.5. The highest BCUT2D eigenvalue weighted by molar-refractivity contribution is 5.89. The second-order valence-electron chi connectivity index (χ2n) is 4.86. The Morgan fingerprint density at radius 1 is 1.32 bits per heavy atom. The molecule has 1 aliphatic heterocycles. The minimum absolute atomic E-state index is 0.129. The van der Waals surface area contributed by atoms with Gasteiger partial charge in [-0.1, -0.05) is 26.2 Å². The van der Waals surface area contributed by atoms with Crippen molar-refractivity contribution < 1.29 is 9.53 Å². The van der Waals surface area contributed by atoms with E-state index in [1.807, 2.05) is 18.2 Å². The molecule has 1 aromatic carbocycles. The highest BCUT2D eigenvalue weighted by Gasteiger charge is 2.12. The maximum absolute atomic E-state index is 11.7. The first-order valence-electron chi connectivity index (χ1n) is 7.10. The zero-order chi connectivity index (χ0) is 13.5. The molecule has 2 N–H and O–H groups in total. The van der Waals surface area contributed by atoms with Crippen LogP contribution in [-0.2, 0) is 6.42 Å². The number of anilines is 1.